The number of pyridine rings is 1. The predicted molar refractivity (Wildman–Crippen MR) is 115 cm³/mol. The molecule has 4 rings (SSSR count). The largest absolute Gasteiger partial charge is 0.298 e. The van der Waals surface area contributed by atoms with Crippen LogP contribution in [-0.4, -0.2) is 62.8 Å². The lowest BCUT2D eigenvalue weighted by molar-refractivity contribution is 0.123. The minimum Gasteiger partial charge on any atom is -0.298 e. The number of sulfone groups is 1. The van der Waals surface area contributed by atoms with Gasteiger partial charge < -0.3 is 0 Å². The number of aryl methyl sites for hydroxylation is 2. The molecule has 1 saturated heterocycles. The number of fused-ring (bicyclic) bond motifs is 1. The average molecular weight is 436 g/mol. The Labute approximate surface area is 176 Å². The summed E-state index contributed by atoms with van der Waals surface area (Å²) >= 11 is 6.17. The molecule has 9 heteroatoms. The molecule has 0 bridgehead atoms. The second kappa shape index (κ2) is 7.41. The Bertz CT molecular complexity index is 1140. The van der Waals surface area contributed by atoms with E-state index in [1.54, 1.807) is 4.68 Å². The molecular formula is C20H26ClN5O2S. The first-order chi connectivity index (χ1) is 13.6. The van der Waals surface area contributed by atoms with Crippen LogP contribution in [0.1, 0.15) is 25.8 Å². The highest BCUT2D eigenvalue weighted by Gasteiger charge is 2.32. The zero-order valence-corrected chi connectivity index (χ0v) is 18.5. The standard InChI is InChI=1S/C20H26ClN5O2S/c1-20(2,25-8-10-29(27,28)11-9-25)7-6-15-13-26(16-12-22-24(3)14-16)19-17(15)4-5-18(21)23-19/h4-5,12-14H,6-11H2,1-3H3. The molecule has 0 saturated carbocycles. The molecule has 0 aliphatic carbocycles. The van der Waals surface area contributed by atoms with E-state index in [0.717, 1.165) is 29.6 Å². The van der Waals surface area contributed by atoms with Gasteiger partial charge in [0, 0.05) is 43.5 Å². The number of aromatic nitrogens is 4. The number of hydrogen-bond acceptors (Lipinski definition) is 5. The van der Waals surface area contributed by atoms with Crippen molar-refractivity contribution in [3.8, 4) is 5.69 Å². The summed E-state index contributed by atoms with van der Waals surface area (Å²) in [5, 5.41) is 5.81. The summed E-state index contributed by atoms with van der Waals surface area (Å²) in [5.74, 6) is 0.498. The zero-order valence-electron chi connectivity index (χ0n) is 17.0. The lowest BCUT2D eigenvalue weighted by Crippen LogP contribution is -2.51. The summed E-state index contributed by atoms with van der Waals surface area (Å²) in [6.07, 6.45) is 7.65. The van der Waals surface area contributed by atoms with Crippen molar-refractivity contribution in [2.45, 2.75) is 32.2 Å². The van der Waals surface area contributed by atoms with Crippen molar-refractivity contribution in [2.75, 3.05) is 24.6 Å². The van der Waals surface area contributed by atoms with Crippen molar-refractivity contribution in [1.82, 2.24) is 24.2 Å². The third-order valence-electron chi connectivity index (χ3n) is 5.88. The molecular weight excluding hydrogens is 410 g/mol. The van der Waals surface area contributed by atoms with Crippen LogP contribution in [0.15, 0.2) is 30.7 Å². The van der Waals surface area contributed by atoms with Crippen LogP contribution < -0.4 is 0 Å². The van der Waals surface area contributed by atoms with Gasteiger partial charge in [0.2, 0.25) is 0 Å². The van der Waals surface area contributed by atoms with E-state index in [0.29, 0.717) is 18.2 Å². The molecule has 7 nitrogen and oxygen atoms in total. The van der Waals surface area contributed by atoms with E-state index in [2.05, 4.69) is 35.0 Å². The summed E-state index contributed by atoms with van der Waals surface area (Å²) in [5.41, 5.74) is 2.88. The molecule has 156 valence electrons. The molecule has 3 aromatic rings. The van der Waals surface area contributed by atoms with Crippen LogP contribution in [0.5, 0.6) is 0 Å². The van der Waals surface area contributed by atoms with E-state index < -0.39 is 9.84 Å². The van der Waals surface area contributed by atoms with Crippen LogP contribution in [0.25, 0.3) is 16.7 Å². The van der Waals surface area contributed by atoms with Crippen molar-refractivity contribution < 1.29 is 8.42 Å². The van der Waals surface area contributed by atoms with Crippen molar-refractivity contribution in [1.29, 1.82) is 0 Å². The average Bonchev–Trinajstić information content (AvgIpc) is 3.23. The fourth-order valence-corrected chi connectivity index (χ4v) is 5.34. The van der Waals surface area contributed by atoms with E-state index in [4.69, 9.17) is 11.6 Å². The predicted octanol–water partition coefficient (Wildman–Crippen LogP) is 2.85. The minimum absolute atomic E-state index is 0.0848. The molecule has 29 heavy (non-hydrogen) atoms. The van der Waals surface area contributed by atoms with E-state index in [9.17, 15) is 8.42 Å². The van der Waals surface area contributed by atoms with Gasteiger partial charge in [0.25, 0.3) is 0 Å². The molecule has 3 aromatic heterocycles. The highest BCUT2D eigenvalue weighted by atomic mass is 35.5. The summed E-state index contributed by atoms with van der Waals surface area (Å²) in [6, 6.07) is 3.84. The molecule has 0 aromatic carbocycles. The quantitative estimate of drug-likeness (QED) is 0.576. The number of halogens is 1. The SMILES string of the molecule is Cn1cc(-n2cc(CCC(C)(C)N3CCS(=O)(=O)CC3)c3ccc(Cl)nc32)cn1. The molecule has 0 unspecified atom stereocenters. The highest BCUT2D eigenvalue weighted by molar-refractivity contribution is 7.91. The Morgan fingerprint density at radius 1 is 1.17 bits per heavy atom. The van der Waals surface area contributed by atoms with Crippen LogP contribution in [0.3, 0.4) is 0 Å². The second-order valence-corrected chi connectivity index (χ2v) is 11.0. The highest BCUT2D eigenvalue weighted by Crippen LogP contribution is 2.29. The summed E-state index contributed by atoms with van der Waals surface area (Å²) in [4.78, 5) is 6.84. The van der Waals surface area contributed by atoms with Crippen molar-refractivity contribution in [3.05, 3.63) is 41.4 Å². The number of hydrogen-bond donors (Lipinski definition) is 0. The molecule has 0 spiro atoms. The molecule has 0 atom stereocenters. The maximum absolute atomic E-state index is 11.8. The lowest BCUT2D eigenvalue weighted by Gasteiger charge is -2.41. The van der Waals surface area contributed by atoms with Crippen LogP contribution >= 0.6 is 11.6 Å². The molecule has 0 N–H and O–H groups in total. The zero-order chi connectivity index (χ0) is 20.8. The van der Waals surface area contributed by atoms with Crippen LogP contribution in [0.4, 0.5) is 0 Å². The fourth-order valence-electron chi connectivity index (χ4n) is 3.99. The maximum Gasteiger partial charge on any atom is 0.152 e. The second-order valence-electron chi connectivity index (χ2n) is 8.35. The molecule has 0 radical (unpaired) electrons. The lowest BCUT2D eigenvalue weighted by atomic mass is 9.93. The van der Waals surface area contributed by atoms with Gasteiger partial charge in [0.15, 0.2) is 9.84 Å². The molecule has 1 aliphatic rings. The Morgan fingerprint density at radius 2 is 1.90 bits per heavy atom. The molecule has 1 aliphatic heterocycles. The Hall–Kier alpha value is -1.90. The number of nitrogens with zero attached hydrogens (tertiary/aromatic N) is 5. The minimum atomic E-state index is -2.87. The third-order valence-corrected chi connectivity index (χ3v) is 7.70. The monoisotopic (exact) mass is 435 g/mol. The van der Waals surface area contributed by atoms with Gasteiger partial charge in [-0.3, -0.25) is 14.1 Å². The first-order valence-corrected chi connectivity index (χ1v) is 12.0. The summed E-state index contributed by atoms with van der Waals surface area (Å²) < 4.78 is 27.3. The van der Waals surface area contributed by atoms with Gasteiger partial charge in [-0.1, -0.05) is 11.6 Å². The Morgan fingerprint density at radius 3 is 2.55 bits per heavy atom. The fraction of sp³-hybridized carbons (Fsp3) is 0.500. The number of rotatable bonds is 5. The topological polar surface area (TPSA) is 73.0 Å². The third kappa shape index (κ3) is 4.20. The van der Waals surface area contributed by atoms with E-state index in [-0.39, 0.29) is 17.0 Å². The van der Waals surface area contributed by atoms with Crippen LogP contribution in [-0.2, 0) is 23.3 Å². The van der Waals surface area contributed by atoms with Gasteiger partial charge >= 0.3 is 0 Å². The van der Waals surface area contributed by atoms with E-state index in [1.165, 1.54) is 5.56 Å². The molecule has 0 amide bonds. The first-order valence-electron chi connectivity index (χ1n) is 9.76. The first kappa shape index (κ1) is 20.4. The Kier molecular flexibility index (Phi) is 5.21. The normalized spacial score (nSPS) is 17.8. The summed E-state index contributed by atoms with van der Waals surface area (Å²) in [7, 11) is -0.988. The summed E-state index contributed by atoms with van der Waals surface area (Å²) in [6.45, 7) is 5.59. The van der Waals surface area contributed by atoms with Crippen LogP contribution in [0.2, 0.25) is 5.15 Å². The van der Waals surface area contributed by atoms with E-state index >= 15 is 0 Å². The molecule has 4 heterocycles. The molecule has 1 fully saturated rings. The van der Waals surface area contributed by atoms with Crippen molar-refractivity contribution in [3.63, 3.8) is 0 Å². The van der Waals surface area contributed by atoms with Crippen molar-refractivity contribution >= 4 is 32.5 Å². The van der Waals surface area contributed by atoms with Gasteiger partial charge in [0.05, 0.1) is 23.4 Å². The van der Waals surface area contributed by atoms with Gasteiger partial charge in [-0.05, 0) is 44.4 Å². The van der Waals surface area contributed by atoms with E-state index in [1.807, 2.05) is 36.1 Å². The van der Waals surface area contributed by atoms with Gasteiger partial charge in [-0.2, -0.15) is 5.10 Å². The Balaban J connectivity index is 1.60. The van der Waals surface area contributed by atoms with Crippen molar-refractivity contribution in [2.24, 2.45) is 7.05 Å². The van der Waals surface area contributed by atoms with Gasteiger partial charge in [0.1, 0.15) is 10.8 Å². The van der Waals surface area contributed by atoms with Gasteiger partial charge in [-0.25, -0.2) is 13.4 Å². The van der Waals surface area contributed by atoms with Gasteiger partial charge in [-0.15, -0.1) is 0 Å². The smallest absolute Gasteiger partial charge is 0.152 e. The maximum atomic E-state index is 11.8. The van der Waals surface area contributed by atoms with Crippen LogP contribution in [0, 0.1) is 0 Å².